The summed E-state index contributed by atoms with van der Waals surface area (Å²) < 4.78 is 45.6. The zero-order valence-electron chi connectivity index (χ0n) is 15.0. The van der Waals surface area contributed by atoms with Crippen molar-refractivity contribution in [2.75, 3.05) is 19.5 Å². The molecule has 0 radical (unpaired) electrons. The monoisotopic (exact) mass is 403 g/mol. The lowest BCUT2D eigenvalue weighted by Gasteiger charge is -2.12. The van der Waals surface area contributed by atoms with Crippen LogP contribution in [0.1, 0.15) is 10.6 Å². The summed E-state index contributed by atoms with van der Waals surface area (Å²) in [5.74, 6) is 0.281. The van der Waals surface area contributed by atoms with Gasteiger partial charge in [-0.1, -0.05) is 0 Å². The van der Waals surface area contributed by atoms with Crippen LogP contribution in [0.5, 0.6) is 17.2 Å². The number of carbonyl (C=O) groups excluding carboxylic acids is 1. The van der Waals surface area contributed by atoms with E-state index in [1.807, 2.05) is 0 Å². The number of methoxy groups -OCH3 is 2. The number of nitrogens with one attached hydrogen (secondary N) is 1. The normalized spacial score (nSPS) is 10.9. The molecule has 8 nitrogen and oxygen atoms in total. The highest BCUT2D eigenvalue weighted by molar-refractivity contribution is 7.87. The Morgan fingerprint density at radius 2 is 1.68 bits per heavy atom. The van der Waals surface area contributed by atoms with Crippen molar-refractivity contribution in [3.63, 3.8) is 0 Å². The van der Waals surface area contributed by atoms with Crippen molar-refractivity contribution in [3.05, 3.63) is 66.6 Å². The standard InChI is InChI=1S/C19H17NO7S/c1-24-15-9-10-16(25-2)18(12-15)28(22,23)27-14-7-5-13(6-8-14)20-19(21)17-4-3-11-26-17/h3-12H,1-2H3,(H,20,21). The van der Waals surface area contributed by atoms with Gasteiger partial charge in [-0.15, -0.1) is 0 Å². The number of furan rings is 1. The molecule has 2 aromatic carbocycles. The second-order valence-corrected chi connectivity index (χ2v) is 7.02. The van der Waals surface area contributed by atoms with Gasteiger partial charge in [0, 0.05) is 11.8 Å². The predicted molar refractivity (Wildman–Crippen MR) is 100 cm³/mol. The minimum absolute atomic E-state index is 0.0703. The van der Waals surface area contributed by atoms with E-state index in [-0.39, 0.29) is 22.2 Å². The fourth-order valence-corrected chi connectivity index (χ4v) is 3.46. The molecule has 0 bridgehead atoms. The molecule has 0 aliphatic carbocycles. The first-order valence-corrected chi connectivity index (χ1v) is 9.45. The second-order valence-electron chi connectivity index (χ2n) is 5.51. The van der Waals surface area contributed by atoms with Gasteiger partial charge in [0.1, 0.15) is 17.2 Å². The third-order valence-corrected chi connectivity index (χ3v) is 4.97. The molecule has 0 saturated heterocycles. The molecule has 0 fully saturated rings. The molecule has 1 N–H and O–H groups in total. The van der Waals surface area contributed by atoms with Crippen LogP contribution in [-0.2, 0) is 10.1 Å². The Balaban J connectivity index is 1.77. The molecule has 1 amide bonds. The van der Waals surface area contributed by atoms with Crippen molar-refractivity contribution in [2.45, 2.75) is 4.90 Å². The molecular formula is C19H17NO7S. The summed E-state index contributed by atoms with van der Waals surface area (Å²) in [6.07, 6.45) is 1.39. The summed E-state index contributed by atoms with van der Waals surface area (Å²) in [4.78, 5) is 11.8. The van der Waals surface area contributed by atoms with E-state index in [9.17, 15) is 13.2 Å². The number of amides is 1. The number of ether oxygens (including phenoxy) is 2. The van der Waals surface area contributed by atoms with Crippen LogP contribution in [0.4, 0.5) is 5.69 Å². The Kier molecular flexibility index (Phi) is 5.55. The fourth-order valence-electron chi connectivity index (χ4n) is 2.35. The van der Waals surface area contributed by atoms with Crippen LogP contribution in [0.3, 0.4) is 0 Å². The molecule has 28 heavy (non-hydrogen) atoms. The van der Waals surface area contributed by atoms with E-state index in [2.05, 4.69) is 5.32 Å². The van der Waals surface area contributed by atoms with Gasteiger partial charge in [-0.2, -0.15) is 8.42 Å². The maximum absolute atomic E-state index is 12.6. The minimum Gasteiger partial charge on any atom is -0.497 e. The van der Waals surface area contributed by atoms with Crippen LogP contribution in [0.15, 0.2) is 70.2 Å². The largest absolute Gasteiger partial charge is 0.497 e. The fraction of sp³-hybridized carbons (Fsp3) is 0.105. The molecule has 0 saturated carbocycles. The first-order valence-electron chi connectivity index (χ1n) is 8.04. The topological polar surface area (TPSA) is 104 Å². The molecule has 1 heterocycles. The van der Waals surface area contributed by atoms with Crippen molar-refractivity contribution in [3.8, 4) is 17.2 Å². The molecule has 3 aromatic rings. The summed E-state index contributed by atoms with van der Waals surface area (Å²) >= 11 is 0. The highest BCUT2D eigenvalue weighted by Crippen LogP contribution is 2.30. The summed E-state index contributed by atoms with van der Waals surface area (Å²) in [6, 6.07) is 13.3. The Labute approximate surface area is 161 Å². The summed E-state index contributed by atoms with van der Waals surface area (Å²) in [6.45, 7) is 0. The Hall–Kier alpha value is -3.46. The van der Waals surface area contributed by atoms with Gasteiger partial charge in [-0.3, -0.25) is 4.79 Å². The van der Waals surface area contributed by atoms with E-state index < -0.39 is 16.0 Å². The number of benzene rings is 2. The van der Waals surface area contributed by atoms with Crippen molar-refractivity contribution in [2.24, 2.45) is 0 Å². The zero-order valence-corrected chi connectivity index (χ0v) is 15.9. The van der Waals surface area contributed by atoms with E-state index in [1.54, 1.807) is 12.1 Å². The van der Waals surface area contributed by atoms with E-state index in [4.69, 9.17) is 18.1 Å². The van der Waals surface area contributed by atoms with Crippen molar-refractivity contribution < 1.29 is 31.3 Å². The number of hydrogen-bond acceptors (Lipinski definition) is 7. The van der Waals surface area contributed by atoms with Crippen LogP contribution in [-0.4, -0.2) is 28.5 Å². The van der Waals surface area contributed by atoms with E-state index in [1.165, 1.54) is 62.9 Å². The lowest BCUT2D eigenvalue weighted by molar-refractivity contribution is 0.0996. The Bertz CT molecular complexity index is 1060. The van der Waals surface area contributed by atoms with Gasteiger partial charge in [0.25, 0.3) is 5.91 Å². The predicted octanol–water partition coefficient (Wildman–Crippen LogP) is 3.32. The number of rotatable bonds is 7. The molecule has 146 valence electrons. The molecule has 3 rings (SSSR count). The number of carbonyl (C=O) groups is 1. The van der Waals surface area contributed by atoms with Crippen molar-refractivity contribution >= 4 is 21.7 Å². The highest BCUT2D eigenvalue weighted by atomic mass is 32.2. The molecule has 9 heteroatoms. The van der Waals surface area contributed by atoms with Gasteiger partial charge in [-0.25, -0.2) is 0 Å². The summed E-state index contributed by atoms with van der Waals surface area (Å²) in [7, 11) is -1.38. The Morgan fingerprint density at radius 3 is 2.29 bits per heavy atom. The molecule has 0 unspecified atom stereocenters. The Morgan fingerprint density at radius 1 is 0.964 bits per heavy atom. The summed E-state index contributed by atoms with van der Waals surface area (Å²) in [5, 5.41) is 2.63. The lowest BCUT2D eigenvalue weighted by atomic mass is 10.3. The van der Waals surface area contributed by atoms with Crippen molar-refractivity contribution in [1.82, 2.24) is 0 Å². The third-order valence-electron chi connectivity index (χ3n) is 3.70. The lowest BCUT2D eigenvalue weighted by Crippen LogP contribution is -2.12. The van der Waals surface area contributed by atoms with Gasteiger partial charge in [0.05, 0.1) is 20.5 Å². The van der Waals surface area contributed by atoms with Crippen LogP contribution < -0.4 is 19.0 Å². The zero-order chi connectivity index (χ0) is 20.1. The molecule has 0 aliphatic rings. The number of hydrogen-bond donors (Lipinski definition) is 1. The summed E-state index contributed by atoms with van der Waals surface area (Å²) in [5.41, 5.74) is 0.449. The van der Waals surface area contributed by atoms with Crippen molar-refractivity contribution in [1.29, 1.82) is 0 Å². The smallest absolute Gasteiger partial charge is 0.343 e. The average molecular weight is 403 g/mol. The van der Waals surface area contributed by atoms with Crippen LogP contribution in [0, 0.1) is 0 Å². The maximum atomic E-state index is 12.6. The minimum atomic E-state index is -4.17. The molecular weight excluding hydrogens is 386 g/mol. The van der Waals surface area contributed by atoms with E-state index in [0.717, 1.165) is 0 Å². The molecule has 0 spiro atoms. The average Bonchev–Trinajstić information content (AvgIpc) is 3.24. The van der Waals surface area contributed by atoms with Crippen LogP contribution >= 0.6 is 0 Å². The van der Waals surface area contributed by atoms with Crippen LogP contribution in [0.2, 0.25) is 0 Å². The van der Waals surface area contributed by atoms with Gasteiger partial charge in [0.2, 0.25) is 0 Å². The SMILES string of the molecule is COc1ccc(OC)c(S(=O)(=O)Oc2ccc(NC(=O)c3ccco3)cc2)c1. The van der Waals surface area contributed by atoms with Gasteiger partial charge in [-0.05, 0) is 48.5 Å². The quantitative estimate of drug-likeness (QED) is 0.604. The third kappa shape index (κ3) is 4.26. The van der Waals surface area contributed by atoms with Gasteiger partial charge in [0.15, 0.2) is 10.7 Å². The van der Waals surface area contributed by atoms with Crippen LogP contribution in [0.25, 0.3) is 0 Å². The maximum Gasteiger partial charge on any atom is 0.343 e. The first kappa shape index (κ1) is 19.3. The molecule has 1 aromatic heterocycles. The number of anilines is 1. The van der Waals surface area contributed by atoms with E-state index >= 15 is 0 Å². The molecule has 0 aliphatic heterocycles. The molecule has 0 atom stereocenters. The van der Waals surface area contributed by atoms with Gasteiger partial charge < -0.3 is 23.4 Å². The van der Waals surface area contributed by atoms with Gasteiger partial charge >= 0.3 is 10.1 Å². The second kappa shape index (κ2) is 8.05. The highest BCUT2D eigenvalue weighted by Gasteiger charge is 2.23. The van der Waals surface area contributed by atoms with E-state index in [0.29, 0.717) is 11.4 Å². The first-order chi connectivity index (χ1) is 13.4.